The molecule has 0 aliphatic heterocycles. The van der Waals surface area contributed by atoms with Crippen molar-refractivity contribution in [3.63, 3.8) is 0 Å². The molecule has 6 heteroatoms. The molecule has 12 heavy (non-hydrogen) atoms. The molecule has 0 spiro atoms. The summed E-state index contributed by atoms with van der Waals surface area (Å²) in [7, 11) is 0. The molecule has 0 amide bonds. The van der Waals surface area contributed by atoms with E-state index in [1.807, 2.05) is 0 Å². The van der Waals surface area contributed by atoms with Gasteiger partial charge >= 0.3 is 0 Å². The normalized spacial score (nSPS) is 8.83. The minimum absolute atomic E-state index is 0. The van der Waals surface area contributed by atoms with Crippen LogP contribution in [0.5, 0.6) is 0 Å². The predicted molar refractivity (Wildman–Crippen MR) is 34.4 cm³/mol. The Hall–Kier alpha value is -1.23. The van der Waals surface area contributed by atoms with Crippen LogP contribution in [0, 0.1) is 11.6 Å². The fourth-order valence-corrected chi connectivity index (χ4v) is 0.627. The topological polar surface area (TPSA) is 64.5 Å². The van der Waals surface area contributed by atoms with Crippen molar-refractivity contribution in [3.05, 3.63) is 29.6 Å². The lowest BCUT2D eigenvalue weighted by Gasteiger charge is -1.93. The number of rotatable bonds is 1. The molecule has 1 rings (SSSR count). The SMILES string of the molecule is NC(=[NH2+])c1ncc(F)cc1F.[Cl-]. The highest BCUT2D eigenvalue weighted by atomic mass is 35.5. The average molecular weight is 194 g/mol. The van der Waals surface area contributed by atoms with Crippen molar-refractivity contribution >= 4 is 5.84 Å². The lowest BCUT2D eigenvalue weighted by Crippen LogP contribution is -3.00. The molecule has 0 aromatic carbocycles. The molecule has 0 aliphatic carbocycles. The van der Waals surface area contributed by atoms with E-state index in [0.717, 1.165) is 6.20 Å². The number of nitrogens with zero attached hydrogens (tertiary/aromatic N) is 1. The van der Waals surface area contributed by atoms with Crippen LogP contribution in [0.2, 0.25) is 0 Å². The first-order chi connectivity index (χ1) is 5.11. The summed E-state index contributed by atoms with van der Waals surface area (Å²) >= 11 is 0. The molecular weight excluding hydrogens is 188 g/mol. The van der Waals surface area contributed by atoms with Crippen LogP contribution in [0.4, 0.5) is 8.78 Å². The van der Waals surface area contributed by atoms with E-state index in [2.05, 4.69) is 4.98 Å². The molecule has 0 aliphatic rings. The summed E-state index contributed by atoms with van der Waals surface area (Å²) in [6.07, 6.45) is 0.845. The zero-order valence-electron chi connectivity index (χ0n) is 5.89. The standard InChI is InChI=1S/C6H5F2N3.ClH/c7-3-1-4(8)5(6(9)10)11-2-3;/h1-2H,(H3,9,10);1H. The maximum absolute atomic E-state index is 12.6. The summed E-state index contributed by atoms with van der Waals surface area (Å²) in [5.41, 5.74) is 4.82. The highest BCUT2D eigenvalue weighted by molar-refractivity contribution is 5.90. The van der Waals surface area contributed by atoms with Gasteiger partial charge in [-0.3, -0.25) is 11.1 Å². The molecule has 3 nitrogen and oxygen atoms in total. The van der Waals surface area contributed by atoms with Crippen LogP contribution < -0.4 is 23.5 Å². The highest BCUT2D eigenvalue weighted by Crippen LogP contribution is 2.03. The number of pyridine rings is 1. The van der Waals surface area contributed by atoms with E-state index in [-0.39, 0.29) is 23.9 Å². The van der Waals surface area contributed by atoms with Crippen molar-refractivity contribution in [3.8, 4) is 0 Å². The second-order valence-corrected chi connectivity index (χ2v) is 1.94. The van der Waals surface area contributed by atoms with Gasteiger partial charge in [-0.1, -0.05) is 0 Å². The summed E-state index contributed by atoms with van der Waals surface area (Å²) in [6.45, 7) is 0. The maximum atomic E-state index is 12.6. The Morgan fingerprint density at radius 3 is 2.50 bits per heavy atom. The predicted octanol–water partition coefficient (Wildman–Crippen LogP) is -4.17. The summed E-state index contributed by atoms with van der Waals surface area (Å²) in [5, 5.41) is 5.03. The van der Waals surface area contributed by atoms with E-state index in [1.165, 1.54) is 0 Å². The molecule has 66 valence electrons. The van der Waals surface area contributed by atoms with Crippen LogP contribution in [0.3, 0.4) is 0 Å². The Balaban J connectivity index is 0.00000121. The highest BCUT2D eigenvalue weighted by Gasteiger charge is 2.10. The zero-order valence-corrected chi connectivity index (χ0v) is 6.65. The van der Waals surface area contributed by atoms with Crippen molar-refractivity contribution in [1.29, 1.82) is 0 Å². The van der Waals surface area contributed by atoms with Gasteiger partial charge in [0.05, 0.1) is 6.20 Å². The van der Waals surface area contributed by atoms with Gasteiger partial charge in [0.25, 0.3) is 5.84 Å². The first kappa shape index (κ1) is 10.8. The van der Waals surface area contributed by atoms with Crippen LogP contribution in [0.1, 0.15) is 5.69 Å². The Morgan fingerprint density at radius 1 is 1.50 bits per heavy atom. The molecule has 0 bridgehead atoms. The Labute approximate surface area is 73.5 Å². The number of nitrogens with two attached hydrogens (primary N) is 2. The first-order valence-corrected chi connectivity index (χ1v) is 2.80. The van der Waals surface area contributed by atoms with Gasteiger partial charge in [-0.2, -0.15) is 0 Å². The van der Waals surface area contributed by atoms with Crippen LogP contribution in [-0.4, -0.2) is 10.8 Å². The number of hydrogen-bond acceptors (Lipinski definition) is 1. The molecular formula is C6H6ClF2N3. The van der Waals surface area contributed by atoms with Gasteiger partial charge in [-0.15, -0.1) is 0 Å². The monoisotopic (exact) mass is 193 g/mol. The van der Waals surface area contributed by atoms with E-state index < -0.39 is 11.6 Å². The number of amidine groups is 1. The van der Waals surface area contributed by atoms with Gasteiger partial charge in [0, 0.05) is 6.07 Å². The molecule has 0 radical (unpaired) electrons. The lowest BCUT2D eigenvalue weighted by molar-refractivity contribution is -0.114. The third-order valence-corrected chi connectivity index (χ3v) is 1.08. The molecule has 1 aromatic rings. The summed E-state index contributed by atoms with van der Waals surface area (Å²) in [4.78, 5) is 3.34. The smallest absolute Gasteiger partial charge is 0.292 e. The Bertz CT molecular complexity index is 303. The first-order valence-electron chi connectivity index (χ1n) is 2.80. The molecule has 0 fully saturated rings. The third-order valence-electron chi connectivity index (χ3n) is 1.08. The quantitative estimate of drug-likeness (QED) is 0.351. The van der Waals surface area contributed by atoms with Crippen molar-refractivity contribution in [2.24, 2.45) is 5.73 Å². The van der Waals surface area contributed by atoms with E-state index in [4.69, 9.17) is 11.1 Å². The minimum Gasteiger partial charge on any atom is -1.00 e. The number of hydrogen-bond donors (Lipinski definition) is 2. The van der Waals surface area contributed by atoms with Crippen LogP contribution in [0.15, 0.2) is 12.3 Å². The van der Waals surface area contributed by atoms with E-state index in [1.54, 1.807) is 0 Å². The van der Waals surface area contributed by atoms with Crippen molar-refractivity contribution in [2.45, 2.75) is 0 Å². The van der Waals surface area contributed by atoms with Gasteiger partial charge in [0.15, 0.2) is 11.5 Å². The fourth-order valence-electron chi connectivity index (χ4n) is 0.627. The Morgan fingerprint density at radius 2 is 2.08 bits per heavy atom. The maximum Gasteiger partial charge on any atom is 0.292 e. The van der Waals surface area contributed by atoms with Crippen LogP contribution >= 0.6 is 0 Å². The molecule has 0 unspecified atom stereocenters. The van der Waals surface area contributed by atoms with Crippen molar-refractivity contribution in [1.82, 2.24) is 4.98 Å². The summed E-state index contributed by atoms with van der Waals surface area (Å²) in [5.74, 6) is -1.87. The third kappa shape index (κ3) is 2.13. The van der Waals surface area contributed by atoms with Gasteiger partial charge in [-0.25, -0.2) is 13.8 Å². The zero-order chi connectivity index (χ0) is 8.43. The van der Waals surface area contributed by atoms with E-state index in [0.29, 0.717) is 6.07 Å². The molecule has 1 heterocycles. The van der Waals surface area contributed by atoms with Gasteiger partial charge in [0.2, 0.25) is 0 Å². The van der Waals surface area contributed by atoms with E-state index in [9.17, 15) is 8.78 Å². The van der Waals surface area contributed by atoms with Crippen LogP contribution in [-0.2, 0) is 0 Å². The second kappa shape index (κ2) is 3.96. The fraction of sp³-hybridized carbons (Fsp3) is 0. The van der Waals surface area contributed by atoms with Crippen molar-refractivity contribution in [2.75, 3.05) is 0 Å². The molecule has 1 aromatic heterocycles. The summed E-state index contributed by atoms with van der Waals surface area (Å²) < 4.78 is 24.8. The molecule has 0 saturated heterocycles. The van der Waals surface area contributed by atoms with Gasteiger partial charge in [0.1, 0.15) is 5.82 Å². The lowest BCUT2D eigenvalue weighted by atomic mass is 10.3. The average Bonchev–Trinajstić information content (AvgIpc) is 1.85. The summed E-state index contributed by atoms with van der Waals surface area (Å²) in [6, 6.07) is 0.669. The second-order valence-electron chi connectivity index (χ2n) is 1.94. The minimum atomic E-state index is -0.856. The van der Waals surface area contributed by atoms with E-state index >= 15 is 0 Å². The molecule has 4 N–H and O–H groups in total. The largest absolute Gasteiger partial charge is 1.00 e. The van der Waals surface area contributed by atoms with Crippen molar-refractivity contribution < 1.29 is 26.6 Å². The van der Waals surface area contributed by atoms with Gasteiger partial charge in [-0.05, 0) is 0 Å². The number of halogens is 3. The van der Waals surface area contributed by atoms with Gasteiger partial charge < -0.3 is 12.4 Å². The molecule has 0 saturated carbocycles. The van der Waals surface area contributed by atoms with Crippen LogP contribution in [0.25, 0.3) is 0 Å². The number of aromatic nitrogens is 1. The molecule has 0 atom stereocenters. The Kier molecular flexibility index (Phi) is 3.56.